The molecule has 0 aliphatic heterocycles. The number of thioether (sulfide) groups is 1. The highest BCUT2D eigenvalue weighted by atomic mass is 32.2. The molecule has 0 atom stereocenters. The van der Waals surface area contributed by atoms with Gasteiger partial charge in [0.05, 0.1) is 12.4 Å². The number of ether oxygens (including phenoxy) is 1. The van der Waals surface area contributed by atoms with Crippen LogP contribution in [0, 0.1) is 6.92 Å². The second kappa shape index (κ2) is 9.12. The van der Waals surface area contributed by atoms with Crippen molar-refractivity contribution in [2.75, 3.05) is 12.4 Å². The molecule has 1 heterocycles. The highest BCUT2D eigenvalue weighted by Crippen LogP contribution is 2.18. The SMILES string of the molecule is C=CCn1c(CCCOc2ccc(C)cc2)nnc1SCC(=O)O. The maximum absolute atomic E-state index is 10.7. The van der Waals surface area contributed by atoms with E-state index in [1.54, 1.807) is 6.08 Å². The monoisotopic (exact) mass is 347 g/mol. The standard InChI is InChI=1S/C17H21N3O3S/c1-3-10-20-15(18-19-17(20)24-12-16(21)22)5-4-11-23-14-8-6-13(2)7-9-14/h3,6-9H,1,4-5,10-12H2,2H3,(H,21,22). The van der Waals surface area contributed by atoms with E-state index < -0.39 is 5.97 Å². The number of aryl methyl sites for hydroxylation is 2. The van der Waals surface area contributed by atoms with Gasteiger partial charge in [-0.25, -0.2) is 0 Å². The number of hydrogen-bond acceptors (Lipinski definition) is 5. The molecule has 1 aromatic heterocycles. The molecule has 2 rings (SSSR count). The Morgan fingerprint density at radius 1 is 1.38 bits per heavy atom. The lowest BCUT2D eigenvalue weighted by atomic mass is 10.2. The lowest BCUT2D eigenvalue weighted by molar-refractivity contribution is -0.133. The summed E-state index contributed by atoms with van der Waals surface area (Å²) in [4.78, 5) is 10.7. The number of aromatic nitrogens is 3. The molecule has 0 saturated carbocycles. The molecular weight excluding hydrogens is 326 g/mol. The topological polar surface area (TPSA) is 77.2 Å². The molecule has 0 amide bonds. The van der Waals surface area contributed by atoms with Gasteiger partial charge in [-0.15, -0.1) is 16.8 Å². The first-order valence-electron chi connectivity index (χ1n) is 7.67. The van der Waals surface area contributed by atoms with Gasteiger partial charge >= 0.3 is 5.97 Å². The van der Waals surface area contributed by atoms with Gasteiger partial charge in [0.1, 0.15) is 11.6 Å². The zero-order chi connectivity index (χ0) is 17.4. The zero-order valence-electron chi connectivity index (χ0n) is 13.6. The van der Waals surface area contributed by atoms with E-state index in [4.69, 9.17) is 9.84 Å². The van der Waals surface area contributed by atoms with Crippen LogP contribution in [0.4, 0.5) is 0 Å². The lowest BCUT2D eigenvalue weighted by Crippen LogP contribution is -2.07. The molecule has 1 N–H and O–H groups in total. The van der Waals surface area contributed by atoms with Gasteiger partial charge in [-0.05, 0) is 25.5 Å². The first kappa shape index (κ1) is 18.1. The van der Waals surface area contributed by atoms with Crippen molar-refractivity contribution >= 4 is 17.7 Å². The van der Waals surface area contributed by atoms with Gasteiger partial charge < -0.3 is 14.4 Å². The molecular formula is C17H21N3O3S. The molecule has 1 aromatic carbocycles. The van der Waals surface area contributed by atoms with Gasteiger partial charge in [0.15, 0.2) is 5.16 Å². The molecule has 24 heavy (non-hydrogen) atoms. The highest BCUT2D eigenvalue weighted by Gasteiger charge is 2.12. The first-order chi connectivity index (χ1) is 11.6. The third kappa shape index (κ3) is 5.42. The van der Waals surface area contributed by atoms with E-state index in [0.29, 0.717) is 24.7 Å². The van der Waals surface area contributed by atoms with E-state index >= 15 is 0 Å². The molecule has 0 spiro atoms. The van der Waals surface area contributed by atoms with E-state index in [-0.39, 0.29) is 5.75 Å². The van der Waals surface area contributed by atoms with E-state index in [0.717, 1.165) is 29.8 Å². The smallest absolute Gasteiger partial charge is 0.313 e. The summed E-state index contributed by atoms with van der Waals surface area (Å²) in [7, 11) is 0. The summed E-state index contributed by atoms with van der Waals surface area (Å²) in [5.41, 5.74) is 1.20. The molecule has 0 saturated heterocycles. The fourth-order valence-corrected chi connectivity index (χ4v) is 2.79. The fourth-order valence-electron chi connectivity index (χ4n) is 2.10. The van der Waals surface area contributed by atoms with Crippen molar-refractivity contribution in [2.45, 2.75) is 31.5 Å². The predicted octanol–water partition coefficient (Wildman–Crippen LogP) is 2.96. The molecule has 7 heteroatoms. The van der Waals surface area contributed by atoms with Crippen LogP contribution < -0.4 is 4.74 Å². The summed E-state index contributed by atoms with van der Waals surface area (Å²) in [5, 5.41) is 17.6. The third-order valence-electron chi connectivity index (χ3n) is 3.26. The maximum Gasteiger partial charge on any atom is 0.313 e. The normalized spacial score (nSPS) is 10.5. The molecule has 0 aliphatic rings. The number of carboxylic acids is 1. The Balaban J connectivity index is 1.87. The number of rotatable bonds is 10. The first-order valence-corrected chi connectivity index (χ1v) is 8.65. The van der Waals surface area contributed by atoms with Crippen LogP contribution in [-0.4, -0.2) is 38.2 Å². The molecule has 0 bridgehead atoms. The molecule has 6 nitrogen and oxygen atoms in total. The third-order valence-corrected chi connectivity index (χ3v) is 4.22. The van der Waals surface area contributed by atoms with Crippen molar-refractivity contribution in [3.63, 3.8) is 0 Å². The number of hydrogen-bond donors (Lipinski definition) is 1. The largest absolute Gasteiger partial charge is 0.494 e. The number of carbonyl (C=O) groups is 1. The van der Waals surface area contributed by atoms with Crippen LogP contribution in [0.15, 0.2) is 42.1 Å². The Labute approximate surface area is 145 Å². The summed E-state index contributed by atoms with van der Waals surface area (Å²) < 4.78 is 7.60. The van der Waals surface area contributed by atoms with Crippen LogP contribution in [-0.2, 0) is 17.8 Å². The van der Waals surface area contributed by atoms with Crippen LogP contribution in [0.5, 0.6) is 5.75 Å². The second-order valence-electron chi connectivity index (χ2n) is 5.25. The molecule has 128 valence electrons. The predicted molar refractivity (Wildman–Crippen MR) is 93.6 cm³/mol. The summed E-state index contributed by atoms with van der Waals surface area (Å²) in [6.45, 7) is 6.91. The van der Waals surface area contributed by atoms with E-state index in [2.05, 4.69) is 16.8 Å². The fraction of sp³-hybridized carbons (Fsp3) is 0.353. The summed E-state index contributed by atoms with van der Waals surface area (Å²) >= 11 is 1.16. The molecule has 0 unspecified atom stereocenters. The Morgan fingerprint density at radius 2 is 2.12 bits per heavy atom. The van der Waals surface area contributed by atoms with E-state index in [9.17, 15) is 4.79 Å². The number of benzene rings is 1. The molecule has 0 fully saturated rings. The number of nitrogens with zero attached hydrogens (tertiary/aromatic N) is 3. The van der Waals surface area contributed by atoms with Crippen molar-refractivity contribution in [2.24, 2.45) is 0 Å². The average Bonchev–Trinajstić information content (AvgIpc) is 2.94. The minimum atomic E-state index is -0.874. The van der Waals surface area contributed by atoms with Crippen LogP contribution in [0.1, 0.15) is 17.8 Å². The average molecular weight is 347 g/mol. The Bertz CT molecular complexity index is 683. The molecule has 0 radical (unpaired) electrons. The van der Waals surface area contributed by atoms with Gasteiger partial charge in [0, 0.05) is 13.0 Å². The minimum absolute atomic E-state index is 0.0359. The van der Waals surface area contributed by atoms with Crippen molar-refractivity contribution in [1.29, 1.82) is 0 Å². The van der Waals surface area contributed by atoms with Crippen LogP contribution in [0.2, 0.25) is 0 Å². The molecule has 2 aromatic rings. The summed E-state index contributed by atoms with van der Waals surface area (Å²) in [5.74, 6) is 0.758. The van der Waals surface area contributed by atoms with E-state index in [1.165, 1.54) is 5.56 Å². The number of carboxylic acid groups (broad SMARTS) is 1. The van der Waals surface area contributed by atoms with Crippen molar-refractivity contribution in [3.8, 4) is 5.75 Å². The summed E-state index contributed by atoms with van der Waals surface area (Å²) in [6, 6.07) is 7.94. The van der Waals surface area contributed by atoms with Crippen molar-refractivity contribution < 1.29 is 14.6 Å². The van der Waals surface area contributed by atoms with E-state index in [1.807, 2.05) is 35.8 Å². The van der Waals surface area contributed by atoms with Gasteiger partial charge in [-0.1, -0.05) is 35.5 Å². The Kier molecular flexibility index (Phi) is 6.87. The van der Waals surface area contributed by atoms with Crippen LogP contribution in [0.3, 0.4) is 0 Å². The van der Waals surface area contributed by atoms with Crippen molar-refractivity contribution in [1.82, 2.24) is 14.8 Å². The number of allylic oxidation sites excluding steroid dienone is 1. The van der Waals surface area contributed by atoms with Gasteiger partial charge in [-0.3, -0.25) is 4.79 Å². The number of aliphatic carboxylic acids is 1. The quantitative estimate of drug-likeness (QED) is 0.404. The Hall–Kier alpha value is -2.28. The second-order valence-corrected chi connectivity index (χ2v) is 6.19. The minimum Gasteiger partial charge on any atom is -0.494 e. The van der Waals surface area contributed by atoms with Crippen molar-refractivity contribution in [3.05, 3.63) is 48.3 Å². The van der Waals surface area contributed by atoms with Crippen LogP contribution in [0.25, 0.3) is 0 Å². The lowest BCUT2D eigenvalue weighted by Gasteiger charge is -2.08. The summed E-state index contributed by atoms with van der Waals surface area (Å²) in [6.07, 6.45) is 3.26. The zero-order valence-corrected chi connectivity index (χ0v) is 14.5. The van der Waals surface area contributed by atoms with Gasteiger partial charge in [0.25, 0.3) is 0 Å². The van der Waals surface area contributed by atoms with Gasteiger partial charge in [-0.2, -0.15) is 0 Å². The Morgan fingerprint density at radius 3 is 2.79 bits per heavy atom. The van der Waals surface area contributed by atoms with Crippen LogP contribution >= 0.6 is 11.8 Å². The highest BCUT2D eigenvalue weighted by molar-refractivity contribution is 7.99. The maximum atomic E-state index is 10.7. The molecule has 0 aliphatic carbocycles. The van der Waals surface area contributed by atoms with Gasteiger partial charge in [0.2, 0.25) is 0 Å².